The maximum absolute atomic E-state index is 12.6. The number of hydrogen-bond acceptors (Lipinski definition) is 4. The highest BCUT2D eigenvalue weighted by Crippen LogP contribution is 2.51. The third kappa shape index (κ3) is 2.87. The molecular formula is C17H25NO5. The van der Waals surface area contributed by atoms with Crippen molar-refractivity contribution in [3.63, 3.8) is 0 Å². The van der Waals surface area contributed by atoms with Crippen LogP contribution in [0.3, 0.4) is 0 Å². The summed E-state index contributed by atoms with van der Waals surface area (Å²) in [7, 11) is 1.75. The van der Waals surface area contributed by atoms with E-state index in [1.807, 2.05) is 6.92 Å². The Hall–Kier alpha value is -1.82. The highest BCUT2D eigenvalue weighted by atomic mass is 16.5. The molecule has 0 saturated heterocycles. The number of carboxylic acid groups (broad SMARTS) is 1. The van der Waals surface area contributed by atoms with Crippen LogP contribution in [0.4, 0.5) is 0 Å². The van der Waals surface area contributed by atoms with Crippen molar-refractivity contribution in [1.29, 1.82) is 0 Å². The number of amides is 1. The van der Waals surface area contributed by atoms with Crippen LogP contribution in [0.25, 0.3) is 0 Å². The first-order chi connectivity index (χ1) is 10.9. The number of furan rings is 1. The molecule has 0 aromatic carbocycles. The Balaban J connectivity index is 2.17. The lowest BCUT2D eigenvalue weighted by Gasteiger charge is -2.58. The van der Waals surface area contributed by atoms with Gasteiger partial charge in [-0.1, -0.05) is 13.8 Å². The molecule has 0 bridgehead atoms. The zero-order chi connectivity index (χ0) is 17.2. The lowest BCUT2D eigenvalue weighted by Crippen LogP contribution is -2.64. The van der Waals surface area contributed by atoms with Gasteiger partial charge in [0.25, 0.3) is 5.91 Å². The van der Waals surface area contributed by atoms with E-state index in [1.54, 1.807) is 11.9 Å². The van der Waals surface area contributed by atoms with Crippen LogP contribution in [0.2, 0.25) is 0 Å². The van der Waals surface area contributed by atoms with Crippen molar-refractivity contribution >= 4 is 11.9 Å². The molecule has 1 fully saturated rings. The van der Waals surface area contributed by atoms with E-state index in [9.17, 15) is 9.59 Å². The molecule has 2 rings (SSSR count). The molecule has 128 valence electrons. The van der Waals surface area contributed by atoms with Crippen LogP contribution >= 0.6 is 0 Å². The molecule has 1 aliphatic carbocycles. The van der Waals surface area contributed by atoms with Gasteiger partial charge in [0, 0.05) is 31.2 Å². The van der Waals surface area contributed by atoms with Gasteiger partial charge in [0.1, 0.15) is 6.26 Å². The predicted octanol–water partition coefficient (Wildman–Crippen LogP) is 3.03. The lowest BCUT2D eigenvalue weighted by molar-refractivity contribution is -0.159. The van der Waals surface area contributed by atoms with Gasteiger partial charge in [-0.15, -0.1) is 0 Å². The number of carbonyl (C=O) groups is 2. The summed E-state index contributed by atoms with van der Waals surface area (Å²) in [6.07, 6.45) is 3.91. The maximum Gasteiger partial charge on any atom is 0.338 e. The molecule has 23 heavy (non-hydrogen) atoms. The van der Waals surface area contributed by atoms with Crippen LogP contribution in [0.5, 0.6) is 0 Å². The third-order valence-corrected chi connectivity index (χ3v) is 5.27. The number of carboxylic acids is 1. The van der Waals surface area contributed by atoms with Crippen LogP contribution in [0, 0.1) is 5.41 Å². The number of aromatic carboxylic acids is 1. The van der Waals surface area contributed by atoms with Gasteiger partial charge in [-0.2, -0.15) is 0 Å². The largest absolute Gasteiger partial charge is 0.478 e. The van der Waals surface area contributed by atoms with Crippen LogP contribution in [0.15, 0.2) is 16.7 Å². The second-order valence-electron chi connectivity index (χ2n) is 6.06. The molecule has 1 aliphatic rings. The van der Waals surface area contributed by atoms with E-state index in [1.165, 1.54) is 6.07 Å². The fraction of sp³-hybridized carbons (Fsp3) is 0.647. The Bertz CT molecular complexity index is 575. The van der Waals surface area contributed by atoms with Gasteiger partial charge in [-0.3, -0.25) is 4.79 Å². The second-order valence-corrected chi connectivity index (χ2v) is 6.06. The fourth-order valence-corrected chi connectivity index (χ4v) is 3.76. The maximum atomic E-state index is 12.6. The Kier molecular flexibility index (Phi) is 5.14. The van der Waals surface area contributed by atoms with Crippen LogP contribution < -0.4 is 0 Å². The summed E-state index contributed by atoms with van der Waals surface area (Å²) in [6.45, 7) is 6.89. The van der Waals surface area contributed by atoms with Gasteiger partial charge in [0.05, 0.1) is 11.7 Å². The first-order valence-electron chi connectivity index (χ1n) is 8.11. The van der Waals surface area contributed by atoms with Crippen molar-refractivity contribution in [2.75, 3.05) is 13.7 Å². The van der Waals surface area contributed by atoms with Crippen molar-refractivity contribution < 1.29 is 23.8 Å². The Morgan fingerprint density at radius 3 is 2.52 bits per heavy atom. The molecule has 1 aromatic rings. The molecule has 1 N–H and O–H groups in total. The summed E-state index contributed by atoms with van der Waals surface area (Å²) in [5.41, 5.74) is -0.0670. The molecule has 1 saturated carbocycles. The summed E-state index contributed by atoms with van der Waals surface area (Å²) < 4.78 is 11.0. The SMILES string of the molecule is CCOC1CC(N(C)C(=O)c2cc(C(=O)O)co2)C1(CC)CC. The summed E-state index contributed by atoms with van der Waals surface area (Å²) in [5.74, 6) is -1.33. The molecule has 0 radical (unpaired) electrons. The van der Waals surface area contributed by atoms with Gasteiger partial charge in [-0.25, -0.2) is 4.79 Å². The molecule has 1 heterocycles. The summed E-state index contributed by atoms with van der Waals surface area (Å²) in [6, 6.07) is 1.35. The minimum atomic E-state index is -1.10. The van der Waals surface area contributed by atoms with Gasteiger partial charge < -0.3 is 19.2 Å². The number of rotatable bonds is 7. The summed E-state index contributed by atoms with van der Waals surface area (Å²) >= 11 is 0. The Morgan fingerprint density at radius 2 is 2.04 bits per heavy atom. The monoisotopic (exact) mass is 323 g/mol. The molecule has 2 unspecified atom stereocenters. The zero-order valence-electron chi connectivity index (χ0n) is 14.2. The van der Waals surface area contributed by atoms with E-state index in [0.29, 0.717) is 6.61 Å². The van der Waals surface area contributed by atoms with Gasteiger partial charge in [0.15, 0.2) is 5.76 Å². The number of ether oxygens (including phenoxy) is 1. The Labute approximate surface area is 136 Å². The van der Waals surface area contributed by atoms with Gasteiger partial charge in [0.2, 0.25) is 0 Å². The minimum absolute atomic E-state index is 0.0141. The summed E-state index contributed by atoms with van der Waals surface area (Å²) in [5, 5.41) is 8.94. The quantitative estimate of drug-likeness (QED) is 0.834. The van der Waals surface area contributed by atoms with E-state index in [-0.39, 0.29) is 34.8 Å². The minimum Gasteiger partial charge on any atom is -0.478 e. The van der Waals surface area contributed by atoms with E-state index in [4.69, 9.17) is 14.3 Å². The topological polar surface area (TPSA) is 80.0 Å². The van der Waals surface area contributed by atoms with Crippen molar-refractivity contribution in [2.24, 2.45) is 5.41 Å². The fourth-order valence-electron chi connectivity index (χ4n) is 3.76. The van der Waals surface area contributed by atoms with Crippen LogP contribution in [-0.4, -0.2) is 47.7 Å². The van der Waals surface area contributed by atoms with Crippen molar-refractivity contribution in [3.05, 3.63) is 23.7 Å². The molecule has 1 aromatic heterocycles. The van der Waals surface area contributed by atoms with Crippen LogP contribution in [0.1, 0.15) is 60.9 Å². The molecule has 2 atom stereocenters. The average Bonchev–Trinajstić information content (AvgIpc) is 3.01. The predicted molar refractivity (Wildman–Crippen MR) is 84.6 cm³/mol. The average molecular weight is 323 g/mol. The number of nitrogens with zero attached hydrogens (tertiary/aromatic N) is 1. The summed E-state index contributed by atoms with van der Waals surface area (Å²) in [4.78, 5) is 25.2. The lowest BCUT2D eigenvalue weighted by atomic mass is 9.58. The van der Waals surface area contributed by atoms with E-state index in [0.717, 1.165) is 25.5 Å². The molecule has 6 nitrogen and oxygen atoms in total. The van der Waals surface area contributed by atoms with E-state index in [2.05, 4.69) is 13.8 Å². The Morgan fingerprint density at radius 1 is 1.39 bits per heavy atom. The van der Waals surface area contributed by atoms with E-state index < -0.39 is 5.97 Å². The van der Waals surface area contributed by atoms with Gasteiger partial charge in [-0.05, 0) is 26.2 Å². The smallest absolute Gasteiger partial charge is 0.338 e. The number of carbonyl (C=O) groups excluding carboxylic acids is 1. The van der Waals surface area contributed by atoms with Gasteiger partial charge >= 0.3 is 5.97 Å². The molecule has 0 aliphatic heterocycles. The number of hydrogen-bond donors (Lipinski definition) is 1. The third-order valence-electron chi connectivity index (χ3n) is 5.27. The highest BCUT2D eigenvalue weighted by molar-refractivity contribution is 5.95. The normalized spacial score (nSPS) is 22.4. The first kappa shape index (κ1) is 17.5. The highest BCUT2D eigenvalue weighted by Gasteiger charge is 2.56. The van der Waals surface area contributed by atoms with Crippen molar-refractivity contribution in [2.45, 2.75) is 52.2 Å². The second kappa shape index (κ2) is 6.74. The first-order valence-corrected chi connectivity index (χ1v) is 8.11. The standard InChI is InChI=1S/C17H25NO5/c1-5-17(6-2)13(9-14(17)22-7-3)18(4)15(19)12-8-11(10-23-12)16(20)21/h8,10,13-14H,5-7,9H2,1-4H3,(H,20,21). The molecule has 1 amide bonds. The van der Waals surface area contributed by atoms with Crippen molar-refractivity contribution in [1.82, 2.24) is 4.90 Å². The van der Waals surface area contributed by atoms with E-state index >= 15 is 0 Å². The van der Waals surface area contributed by atoms with Crippen LogP contribution in [-0.2, 0) is 4.74 Å². The van der Waals surface area contributed by atoms with Crippen molar-refractivity contribution in [3.8, 4) is 0 Å². The zero-order valence-corrected chi connectivity index (χ0v) is 14.2. The molecule has 6 heteroatoms. The molecular weight excluding hydrogens is 298 g/mol. The molecule has 0 spiro atoms.